The minimum Gasteiger partial charge on any atom is -0.324 e. The zero-order valence-corrected chi connectivity index (χ0v) is 16.5. The summed E-state index contributed by atoms with van der Waals surface area (Å²) in [5, 5.41) is 5.19. The lowest BCUT2D eigenvalue weighted by Gasteiger charge is -2.34. The van der Waals surface area contributed by atoms with Crippen molar-refractivity contribution in [2.75, 3.05) is 43.8 Å². The maximum absolute atomic E-state index is 12.5. The van der Waals surface area contributed by atoms with Crippen molar-refractivity contribution in [3.05, 3.63) is 59.3 Å². The summed E-state index contributed by atoms with van der Waals surface area (Å²) in [6.07, 6.45) is 1.87. The molecule has 1 saturated heterocycles. The third-order valence-corrected chi connectivity index (χ3v) is 6.24. The van der Waals surface area contributed by atoms with Crippen molar-refractivity contribution in [1.29, 1.82) is 0 Å². The van der Waals surface area contributed by atoms with Crippen LogP contribution < -0.4 is 5.32 Å². The van der Waals surface area contributed by atoms with E-state index in [9.17, 15) is 4.79 Å². The van der Waals surface area contributed by atoms with Crippen LogP contribution in [0.1, 0.15) is 4.88 Å². The van der Waals surface area contributed by atoms with Gasteiger partial charge in [0.15, 0.2) is 0 Å². The SMILES string of the molecule is C=CCSc1ccccc1NC(=O)CN1CCN(Cc2cccs2)CC1. The molecule has 6 heteroatoms. The molecule has 0 unspecified atom stereocenters. The molecular weight excluding hydrogens is 362 g/mol. The number of anilines is 1. The monoisotopic (exact) mass is 387 g/mol. The molecule has 2 heterocycles. The molecule has 0 aliphatic carbocycles. The molecule has 1 N–H and O–H groups in total. The van der Waals surface area contributed by atoms with Crippen molar-refractivity contribution in [3.63, 3.8) is 0 Å². The Bertz CT molecular complexity index is 710. The normalized spacial score (nSPS) is 15.7. The molecule has 1 amide bonds. The first-order chi connectivity index (χ1) is 12.7. The fourth-order valence-corrected chi connectivity index (χ4v) is 4.46. The third-order valence-electron chi connectivity index (χ3n) is 4.31. The average molecular weight is 388 g/mol. The fraction of sp³-hybridized carbons (Fsp3) is 0.350. The largest absolute Gasteiger partial charge is 0.324 e. The summed E-state index contributed by atoms with van der Waals surface area (Å²) in [5.41, 5.74) is 0.890. The molecule has 0 saturated carbocycles. The van der Waals surface area contributed by atoms with Gasteiger partial charge in [-0.1, -0.05) is 24.3 Å². The first-order valence-electron chi connectivity index (χ1n) is 8.84. The summed E-state index contributed by atoms with van der Waals surface area (Å²) >= 11 is 3.49. The summed E-state index contributed by atoms with van der Waals surface area (Å²) < 4.78 is 0. The van der Waals surface area contributed by atoms with Gasteiger partial charge in [-0.05, 0) is 23.6 Å². The molecule has 4 nitrogen and oxygen atoms in total. The Hall–Kier alpha value is -1.60. The lowest BCUT2D eigenvalue weighted by Crippen LogP contribution is -2.48. The second-order valence-electron chi connectivity index (χ2n) is 6.28. The number of amides is 1. The van der Waals surface area contributed by atoms with Crippen molar-refractivity contribution in [1.82, 2.24) is 9.80 Å². The molecule has 0 radical (unpaired) electrons. The molecule has 2 aromatic rings. The highest BCUT2D eigenvalue weighted by molar-refractivity contribution is 7.99. The zero-order valence-electron chi connectivity index (χ0n) is 14.9. The molecule has 138 valence electrons. The van der Waals surface area contributed by atoms with Crippen LogP contribution in [0.3, 0.4) is 0 Å². The minimum atomic E-state index is 0.0587. The number of hydrogen-bond acceptors (Lipinski definition) is 5. The first kappa shape index (κ1) is 19.2. The summed E-state index contributed by atoms with van der Waals surface area (Å²) in [5.74, 6) is 0.891. The number of thioether (sulfide) groups is 1. The molecule has 3 rings (SSSR count). The van der Waals surface area contributed by atoms with Gasteiger partial charge >= 0.3 is 0 Å². The van der Waals surface area contributed by atoms with Crippen molar-refractivity contribution in [2.45, 2.75) is 11.4 Å². The number of carbonyl (C=O) groups excluding carboxylic acids is 1. The molecule has 1 aromatic carbocycles. The summed E-state index contributed by atoms with van der Waals surface area (Å²) in [6, 6.07) is 12.2. The second kappa shape index (κ2) is 9.92. The van der Waals surface area contributed by atoms with Crippen molar-refractivity contribution < 1.29 is 4.79 Å². The van der Waals surface area contributed by atoms with Gasteiger partial charge in [0, 0.05) is 48.2 Å². The Morgan fingerprint density at radius 1 is 1.15 bits per heavy atom. The maximum atomic E-state index is 12.5. The minimum absolute atomic E-state index is 0.0587. The van der Waals surface area contributed by atoms with Crippen molar-refractivity contribution in [2.24, 2.45) is 0 Å². The van der Waals surface area contributed by atoms with E-state index in [2.05, 4.69) is 39.2 Å². The Kier molecular flexibility index (Phi) is 7.32. The van der Waals surface area contributed by atoms with E-state index in [-0.39, 0.29) is 5.91 Å². The Morgan fingerprint density at radius 3 is 2.65 bits per heavy atom. The van der Waals surface area contributed by atoms with Crippen LogP contribution in [-0.2, 0) is 11.3 Å². The Labute approximate surface area is 163 Å². The van der Waals surface area contributed by atoms with Crippen LogP contribution in [0.25, 0.3) is 0 Å². The molecule has 1 aliphatic rings. The van der Waals surface area contributed by atoms with Crippen LogP contribution in [0.5, 0.6) is 0 Å². The number of piperazine rings is 1. The number of para-hydroxylation sites is 1. The highest BCUT2D eigenvalue weighted by Gasteiger charge is 2.19. The lowest BCUT2D eigenvalue weighted by molar-refractivity contribution is -0.117. The molecule has 1 aromatic heterocycles. The summed E-state index contributed by atoms with van der Waals surface area (Å²) in [6.45, 7) is 9.12. The van der Waals surface area contributed by atoms with E-state index in [1.165, 1.54) is 4.88 Å². The number of hydrogen-bond donors (Lipinski definition) is 1. The molecule has 26 heavy (non-hydrogen) atoms. The standard InChI is InChI=1S/C20H25N3OS2/c1-2-13-26-19-8-4-3-7-18(19)21-20(24)16-23-11-9-22(10-12-23)15-17-6-5-14-25-17/h2-8,14H,1,9-13,15-16H2,(H,21,24). The number of thiophene rings is 1. The highest BCUT2D eigenvalue weighted by Crippen LogP contribution is 2.26. The maximum Gasteiger partial charge on any atom is 0.238 e. The zero-order chi connectivity index (χ0) is 18.2. The molecule has 1 fully saturated rings. The van der Waals surface area contributed by atoms with E-state index in [1.807, 2.05) is 41.7 Å². The summed E-state index contributed by atoms with van der Waals surface area (Å²) in [4.78, 5) is 19.6. The first-order valence-corrected chi connectivity index (χ1v) is 10.7. The van der Waals surface area contributed by atoms with Gasteiger partial charge in [0.2, 0.25) is 5.91 Å². The number of nitrogens with one attached hydrogen (secondary N) is 1. The molecule has 0 bridgehead atoms. The quantitative estimate of drug-likeness (QED) is 0.552. The Balaban J connectivity index is 1.45. The van der Waals surface area contributed by atoms with Gasteiger partial charge in [0.25, 0.3) is 0 Å². The van der Waals surface area contributed by atoms with E-state index in [0.29, 0.717) is 6.54 Å². The molecule has 1 aliphatic heterocycles. The van der Waals surface area contributed by atoms with Crippen LogP contribution >= 0.6 is 23.1 Å². The second-order valence-corrected chi connectivity index (χ2v) is 8.37. The van der Waals surface area contributed by atoms with E-state index in [4.69, 9.17) is 0 Å². The smallest absolute Gasteiger partial charge is 0.238 e. The van der Waals surface area contributed by atoms with Gasteiger partial charge in [-0.25, -0.2) is 0 Å². The van der Waals surface area contributed by atoms with Crippen molar-refractivity contribution >= 4 is 34.7 Å². The van der Waals surface area contributed by atoms with E-state index in [1.54, 1.807) is 11.8 Å². The number of nitrogens with zero attached hydrogens (tertiary/aromatic N) is 2. The molecule has 0 atom stereocenters. The van der Waals surface area contributed by atoms with E-state index < -0.39 is 0 Å². The van der Waals surface area contributed by atoms with Gasteiger partial charge in [-0.15, -0.1) is 29.7 Å². The predicted molar refractivity (Wildman–Crippen MR) is 112 cm³/mol. The average Bonchev–Trinajstić information content (AvgIpc) is 3.16. The van der Waals surface area contributed by atoms with Crippen LogP contribution in [0, 0.1) is 0 Å². The third kappa shape index (κ3) is 5.71. The van der Waals surface area contributed by atoms with E-state index in [0.717, 1.165) is 49.1 Å². The number of carbonyl (C=O) groups is 1. The van der Waals surface area contributed by atoms with Crippen molar-refractivity contribution in [3.8, 4) is 0 Å². The number of benzene rings is 1. The highest BCUT2D eigenvalue weighted by atomic mass is 32.2. The number of rotatable bonds is 8. The molecular formula is C20H25N3OS2. The van der Waals surface area contributed by atoms with Gasteiger partial charge in [0.05, 0.1) is 12.2 Å². The summed E-state index contributed by atoms with van der Waals surface area (Å²) in [7, 11) is 0. The lowest BCUT2D eigenvalue weighted by atomic mass is 10.3. The van der Waals surface area contributed by atoms with Gasteiger partial charge in [-0.2, -0.15) is 0 Å². The topological polar surface area (TPSA) is 35.6 Å². The van der Waals surface area contributed by atoms with Gasteiger partial charge in [0.1, 0.15) is 0 Å². The van der Waals surface area contributed by atoms with Gasteiger partial charge < -0.3 is 5.32 Å². The van der Waals surface area contributed by atoms with Crippen LogP contribution in [0.4, 0.5) is 5.69 Å². The van der Waals surface area contributed by atoms with Crippen LogP contribution in [0.2, 0.25) is 0 Å². The molecule has 0 spiro atoms. The van der Waals surface area contributed by atoms with Gasteiger partial charge in [-0.3, -0.25) is 14.6 Å². The van der Waals surface area contributed by atoms with Crippen LogP contribution in [-0.4, -0.2) is 54.2 Å². The van der Waals surface area contributed by atoms with Crippen LogP contribution in [0.15, 0.2) is 59.3 Å². The predicted octanol–water partition coefficient (Wildman–Crippen LogP) is 3.78. The Morgan fingerprint density at radius 2 is 1.92 bits per heavy atom. The van der Waals surface area contributed by atoms with E-state index >= 15 is 0 Å². The fourth-order valence-electron chi connectivity index (χ4n) is 2.97.